The van der Waals surface area contributed by atoms with Gasteiger partial charge in [-0.25, -0.2) is 9.78 Å². The molecular weight excluding hydrogens is 512 g/mol. The third kappa shape index (κ3) is 6.48. The van der Waals surface area contributed by atoms with E-state index in [9.17, 15) is 19.5 Å². The molecule has 1 aliphatic carbocycles. The molecule has 1 heterocycles. The number of aromatic nitrogens is 1. The predicted octanol–water partition coefficient (Wildman–Crippen LogP) is 3.14. The van der Waals surface area contributed by atoms with Crippen molar-refractivity contribution in [1.82, 2.24) is 20.9 Å². The van der Waals surface area contributed by atoms with Gasteiger partial charge >= 0.3 is 5.97 Å². The van der Waals surface area contributed by atoms with Gasteiger partial charge in [0.05, 0.1) is 5.92 Å². The molecule has 3 aromatic rings. The van der Waals surface area contributed by atoms with Crippen molar-refractivity contribution in [2.75, 3.05) is 6.54 Å². The summed E-state index contributed by atoms with van der Waals surface area (Å²) in [6.07, 6.45) is 2.18. The van der Waals surface area contributed by atoms with Gasteiger partial charge in [-0.2, -0.15) is 0 Å². The Hall–Kier alpha value is -4.67. The number of benzene rings is 2. The summed E-state index contributed by atoms with van der Waals surface area (Å²) < 4.78 is 5.64. The van der Waals surface area contributed by atoms with Gasteiger partial charge in [-0.1, -0.05) is 62.4 Å². The molecule has 0 aliphatic heterocycles. The Labute approximate surface area is 232 Å². The summed E-state index contributed by atoms with van der Waals surface area (Å²) >= 11 is 0. The van der Waals surface area contributed by atoms with Crippen molar-refractivity contribution < 1.29 is 23.9 Å². The van der Waals surface area contributed by atoms with Crippen molar-refractivity contribution >= 4 is 23.7 Å². The maximum absolute atomic E-state index is 13.7. The second-order valence-corrected chi connectivity index (χ2v) is 10.2. The summed E-state index contributed by atoms with van der Waals surface area (Å²) in [5, 5.41) is 24.8. The molecule has 4 rings (SSSR count). The molecule has 1 unspecified atom stereocenters. The molecule has 2 aromatic carbocycles. The van der Waals surface area contributed by atoms with Crippen LogP contribution in [0.5, 0.6) is 0 Å². The summed E-state index contributed by atoms with van der Waals surface area (Å²) in [4.78, 5) is 42.5. The van der Waals surface area contributed by atoms with Crippen molar-refractivity contribution in [3.8, 4) is 11.1 Å². The molecule has 1 aromatic heterocycles. The van der Waals surface area contributed by atoms with E-state index in [1.807, 2.05) is 62.4 Å². The number of nitrogens with zero attached hydrogens (tertiary/aromatic N) is 1. The number of aliphatic carboxylic acids is 1. The van der Waals surface area contributed by atoms with Crippen molar-refractivity contribution in [3.63, 3.8) is 0 Å². The first-order chi connectivity index (χ1) is 19.2. The number of nitrogens with one attached hydrogen (secondary N) is 4. The first kappa shape index (κ1) is 28.3. The number of amides is 2. The summed E-state index contributed by atoms with van der Waals surface area (Å²) in [6, 6.07) is 13.9. The highest BCUT2D eigenvalue weighted by Gasteiger charge is 2.35. The molecule has 0 saturated carbocycles. The number of hydrogen-bond acceptors (Lipinski definition) is 6. The Kier molecular flexibility index (Phi) is 8.83. The molecular formula is C29H34N6O5. The first-order valence-electron chi connectivity index (χ1n) is 13.2. The molecule has 0 radical (unpaired) electrons. The number of hydrogen-bond donors (Lipinski definition) is 6. The SMILES string of the molecule is CC(C)CC(NC(=O)C1c2ccccc2-c2ccccc21)c1nc(C(=O)N[C@@H](CCCNC(=N)N)C(=O)O)co1. The average molecular weight is 547 g/mol. The zero-order valence-corrected chi connectivity index (χ0v) is 22.4. The summed E-state index contributed by atoms with van der Waals surface area (Å²) in [6.45, 7) is 4.32. The summed E-state index contributed by atoms with van der Waals surface area (Å²) in [5.41, 5.74) is 9.06. The molecule has 0 spiro atoms. The minimum absolute atomic E-state index is 0.0809. The van der Waals surface area contributed by atoms with Crippen LogP contribution in [0, 0.1) is 11.3 Å². The lowest BCUT2D eigenvalue weighted by Crippen LogP contribution is -2.41. The van der Waals surface area contributed by atoms with Gasteiger partial charge in [0.25, 0.3) is 5.91 Å². The standard InChI is InChI=1S/C29H34N6O5/c1-16(2)14-22(34-26(37)24-19-10-5-3-8-17(19)18-9-4-6-11-20(18)24)27-35-23(15-40-27)25(36)33-21(28(38)39)12-7-13-32-29(30)31/h3-6,8-11,15-16,21-22,24H,7,12-14H2,1-2H3,(H,33,36)(H,34,37)(H,38,39)(H4,30,31,32)/t21-,22?/m0/s1. The van der Waals surface area contributed by atoms with Gasteiger partial charge in [-0.3, -0.25) is 15.0 Å². The van der Waals surface area contributed by atoms with Crippen LogP contribution in [-0.2, 0) is 9.59 Å². The van der Waals surface area contributed by atoms with E-state index < -0.39 is 29.9 Å². The lowest BCUT2D eigenvalue weighted by atomic mass is 9.95. The Balaban J connectivity index is 1.49. The largest absolute Gasteiger partial charge is 0.480 e. The average Bonchev–Trinajstić information content (AvgIpc) is 3.53. The van der Waals surface area contributed by atoms with Gasteiger partial charge in [0, 0.05) is 6.54 Å². The number of fused-ring (bicyclic) bond motifs is 3. The third-order valence-corrected chi connectivity index (χ3v) is 6.76. The van der Waals surface area contributed by atoms with Crippen molar-refractivity contribution in [2.24, 2.45) is 11.7 Å². The van der Waals surface area contributed by atoms with E-state index in [4.69, 9.17) is 15.6 Å². The van der Waals surface area contributed by atoms with E-state index in [2.05, 4.69) is 20.9 Å². The topological polar surface area (TPSA) is 183 Å². The minimum Gasteiger partial charge on any atom is -0.480 e. The number of carboxylic acids is 1. The highest BCUT2D eigenvalue weighted by atomic mass is 16.4. The fourth-order valence-corrected chi connectivity index (χ4v) is 4.96. The lowest BCUT2D eigenvalue weighted by Gasteiger charge is -2.21. The number of carboxylic acid groups (broad SMARTS) is 1. The highest BCUT2D eigenvalue weighted by molar-refractivity contribution is 5.96. The molecule has 210 valence electrons. The minimum atomic E-state index is -1.19. The van der Waals surface area contributed by atoms with E-state index in [0.29, 0.717) is 19.4 Å². The molecule has 0 fully saturated rings. The number of carbonyl (C=O) groups is 3. The molecule has 2 atom stereocenters. The van der Waals surface area contributed by atoms with Crippen LogP contribution in [0.3, 0.4) is 0 Å². The van der Waals surface area contributed by atoms with Crippen LogP contribution in [0.15, 0.2) is 59.2 Å². The smallest absolute Gasteiger partial charge is 0.326 e. The zero-order valence-electron chi connectivity index (χ0n) is 22.4. The molecule has 2 amide bonds. The van der Waals surface area contributed by atoms with Crippen LogP contribution in [-0.4, -0.2) is 46.4 Å². The van der Waals surface area contributed by atoms with E-state index in [-0.39, 0.29) is 35.8 Å². The normalized spacial score (nSPS) is 13.7. The number of guanidine groups is 1. The molecule has 11 nitrogen and oxygen atoms in total. The molecule has 1 aliphatic rings. The monoisotopic (exact) mass is 546 g/mol. The maximum atomic E-state index is 13.7. The zero-order chi connectivity index (χ0) is 28.8. The highest BCUT2D eigenvalue weighted by Crippen LogP contribution is 2.44. The Morgan fingerprint density at radius 2 is 1.68 bits per heavy atom. The number of oxazole rings is 1. The van der Waals surface area contributed by atoms with Gasteiger partial charge in [0.2, 0.25) is 11.8 Å². The Morgan fingerprint density at radius 3 is 2.25 bits per heavy atom. The van der Waals surface area contributed by atoms with Crippen LogP contribution in [0.4, 0.5) is 0 Å². The quantitative estimate of drug-likeness (QED) is 0.114. The van der Waals surface area contributed by atoms with Crippen LogP contribution < -0.4 is 21.7 Å². The summed E-state index contributed by atoms with van der Waals surface area (Å²) in [5.74, 6) is -2.44. The van der Waals surface area contributed by atoms with Gasteiger partial charge in [-0.15, -0.1) is 0 Å². The molecule has 0 bridgehead atoms. The van der Waals surface area contributed by atoms with E-state index in [0.717, 1.165) is 22.3 Å². The van der Waals surface area contributed by atoms with E-state index >= 15 is 0 Å². The molecule has 11 heteroatoms. The molecule has 40 heavy (non-hydrogen) atoms. The van der Waals surface area contributed by atoms with Crippen LogP contribution >= 0.6 is 0 Å². The second-order valence-electron chi connectivity index (χ2n) is 10.2. The van der Waals surface area contributed by atoms with Crippen molar-refractivity contribution in [2.45, 2.75) is 51.1 Å². The predicted molar refractivity (Wildman–Crippen MR) is 149 cm³/mol. The fourth-order valence-electron chi connectivity index (χ4n) is 4.96. The van der Waals surface area contributed by atoms with Gasteiger partial charge in [-0.05, 0) is 47.4 Å². The fraction of sp³-hybridized carbons (Fsp3) is 0.345. The van der Waals surface area contributed by atoms with Crippen LogP contribution in [0.25, 0.3) is 11.1 Å². The maximum Gasteiger partial charge on any atom is 0.326 e. The van der Waals surface area contributed by atoms with Crippen LogP contribution in [0.2, 0.25) is 0 Å². The number of nitrogens with two attached hydrogens (primary N) is 1. The summed E-state index contributed by atoms with van der Waals surface area (Å²) in [7, 11) is 0. The van der Waals surface area contributed by atoms with Gasteiger partial charge < -0.3 is 31.2 Å². The van der Waals surface area contributed by atoms with Gasteiger partial charge in [0.1, 0.15) is 18.3 Å². The number of carbonyl (C=O) groups excluding carboxylic acids is 2. The van der Waals surface area contributed by atoms with Crippen molar-refractivity contribution in [1.29, 1.82) is 5.41 Å². The lowest BCUT2D eigenvalue weighted by molar-refractivity contribution is -0.139. The second kappa shape index (κ2) is 12.5. The Morgan fingerprint density at radius 1 is 1.05 bits per heavy atom. The van der Waals surface area contributed by atoms with Crippen molar-refractivity contribution in [3.05, 3.63) is 77.5 Å². The van der Waals surface area contributed by atoms with Gasteiger partial charge in [0.15, 0.2) is 11.7 Å². The van der Waals surface area contributed by atoms with E-state index in [1.54, 1.807) is 0 Å². The molecule has 0 saturated heterocycles. The first-order valence-corrected chi connectivity index (χ1v) is 13.2. The third-order valence-electron chi connectivity index (χ3n) is 6.76. The molecule has 7 N–H and O–H groups in total. The van der Waals surface area contributed by atoms with Crippen LogP contribution in [0.1, 0.15) is 72.6 Å². The number of rotatable bonds is 12. The Bertz CT molecular complexity index is 1360. The van der Waals surface area contributed by atoms with E-state index in [1.165, 1.54) is 6.26 Å².